The number of likely N-dealkylation sites (tertiary alicyclic amines) is 1. The van der Waals surface area contributed by atoms with E-state index in [0.29, 0.717) is 0 Å². The number of hydrogen-bond donors (Lipinski definition) is 1. The molecule has 0 unspecified atom stereocenters. The van der Waals surface area contributed by atoms with E-state index in [2.05, 4.69) is 15.2 Å². The average Bonchev–Trinajstić information content (AvgIpc) is 2.98. The van der Waals surface area contributed by atoms with Gasteiger partial charge < -0.3 is 10.2 Å². The van der Waals surface area contributed by atoms with Gasteiger partial charge in [0.25, 0.3) is 0 Å². The Morgan fingerprint density at radius 1 is 1.33 bits per heavy atom. The van der Waals surface area contributed by atoms with E-state index in [1.165, 1.54) is 18.9 Å². The zero-order chi connectivity index (χ0) is 14.2. The Morgan fingerprint density at radius 3 is 2.71 bits per heavy atom. The fraction of sp³-hybridized carbons (Fsp3) is 0.533. The molecule has 1 aromatic rings. The first-order chi connectivity index (χ1) is 9.81. The molecule has 1 N–H and O–H groups in total. The van der Waals surface area contributed by atoms with Crippen molar-refractivity contribution in [1.29, 1.82) is 0 Å². The minimum atomic E-state index is -0.110. The summed E-state index contributed by atoms with van der Waals surface area (Å²) in [6.07, 6.45) is 2.51. The van der Waals surface area contributed by atoms with Gasteiger partial charge in [0.2, 0.25) is 0 Å². The number of thioether (sulfide) groups is 1. The van der Waals surface area contributed by atoms with E-state index >= 15 is 0 Å². The van der Waals surface area contributed by atoms with Crippen LogP contribution < -0.4 is 5.32 Å². The minimum Gasteiger partial charge on any atom is -0.355 e. The molecule has 0 aliphatic carbocycles. The normalized spacial score (nSPS) is 15.0. The molecule has 1 saturated heterocycles. The second-order valence-electron chi connectivity index (χ2n) is 4.81. The Morgan fingerprint density at radius 2 is 2.05 bits per heavy atom. The summed E-state index contributed by atoms with van der Waals surface area (Å²) in [6, 6.07) is 6.97. The van der Waals surface area contributed by atoms with Crippen molar-refractivity contribution in [2.75, 3.05) is 32.4 Å². The topological polar surface area (TPSA) is 27.6 Å². The van der Waals surface area contributed by atoms with Crippen LogP contribution in [0, 0.1) is 5.82 Å². The Kier molecular flexibility index (Phi) is 9.07. The first kappa shape index (κ1) is 18.5. The average molecular weight is 423 g/mol. The molecule has 0 radical (unpaired) electrons. The van der Waals surface area contributed by atoms with Crippen LogP contribution in [0.1, 0.15) is 18.4 Å². The number of nitrogens with zero attached hydrogens (tertiary/aromatic N) is 2. The molecule has 1 aromatic carbocycles. The Bertz CT molecular complexity index is 450. The van der Waals surface area contributed by atoms with Crippen molar-refractivity contribution in [1.82, 2.24) is 10.2 Å². The van der Waals surface area contributed by atoms with Crippen LogP contribution in [0.2, 0.25) is 0 Å². The highest BCUT2D eigenvalue weighted by Gasteiger charge is 2.14. The van der Waals surface area contributed by atoms with E-state index in [4.69, 9.17) is 0 Å². The number of guanidine groups is 1. The summed E-state index contributed by atoms with van der Waals surface area (Å²) >= 11 is 1.74. The van der Waals surface area contributed by atoms with Crippen molar-refractivity contribution in [3.05, 3.63) is 35.6 Å². The largest absolute Gasteiger partial charge is 0.355 e. The molecule has 1 heterocycles. The van der Waals surface area contributed by atoms with E-state index in [9.17, 15) is 4.39 Å². The lowest BCUT2D eigenvalue weighted by molar-refractivity contribution is 0.496. The van der Waals surface area contributed by atoms with Gasteiger partial charge in [0.1, 0.15) is 5.82 Å². The van der Waals surface area contributed by atoms with Crippen LogP contribution in [0.25, 0.3) is 0 Å². The van der Waals surface area contributed by atoms with Gasteiger partial charge in [-0.3, -0.25) is 4.99 Å². The summed E-state index contributed by atoms with van der Waals surface area (Å²) in [5.74, 6) is 2.55. The van der Waals surface area contributed by atoms with Gasteiger partial charge in [0.05, 0.1) is 0 Å². The fourth-order valence-corrected chi connectivity index (χ4v) is 3.14. The van der Waals surface area contributed by atoms with Gasteiger partial charge in [-0.05, 0) is 24.5 Å². The molecule has 0 amide bonds. The lowest BCUT2D eigenvalue weighted by atomic mass is 10.2. The molecule has 1 aliphatic rings. The lowest BCUT2D eigenvalue weighted by Gasteiger charge is -2.20. The quantitative estimate of drug-likeness (QED) is 0.341. The van der Waals surface area contributed by atoms with E-state index in [1.54, 1.807) is 17.8 Å². The number of halogens is 2. The first-order valence-corrected chi connectivity index (χ1v) is 8.23. The van der Waals surface area contributed by atoms with Crippen molar-refractivity contribution in [2.24, 2.45) is 4.99 Å². The molecular weight excluding hydrogens is 400 g/mol. The minimum absolute atomic E-state index is 0. The molecule has 0 aromatic heterocycles. The molecule has 1 aliphatic heterocycles. The van der Waals surface area contributed by atoms with Crippen LogP contribution >= 0.6 is 35.7 Å². The maximum absolute atomic E-state index is 13.4. The van der Waals surface area contributed by atoms with E-state index in [0.717, 1.165) is 42.7 Å². The second-order valence-corrected chi connectivity index (χ2v) is 5.92. The van der Waals surface area contributed by atoms with Crippen molar-refractivity contribution in [2.45, 2.75) is 18.6 Å². The predicted octanol–water partition coefficient (Wildman–Crippen LogP) is 3.35. The van der Waals surface area contributed by atoms with Crippen LogP contribution in [-0.4, -0.2) is 43.3 Å². The summed E-state index contributed by atoms with van der Waals surface area (Å²) in [5, 5.41) is 3.37. The summed E-state index contributed by atoms with van der Waals surface area (Å²) in [7, 11) is 1.83. The van der Waals surface area contributed by atoms with Crippen LogP contribution in [0.15, 0.2) is 29.3 Å². The van der Waals surface area contributed by atoms with Gasteiger partial charge in [0.15, 0.2) is 5.96 Å². The Balaban J connectivity index is 0.00000220. The summed E-state index contributed by atoms with van der Waals surface area (Å²) in [5.41, 5.74) is 0.779. The van der Waals surface area contributed by atoms with Crippen LogP contribution in [0.5, 0.6) is 0 Å². The van der Waals surface area contributed by atoms with Crippen LogP contribution in [-0.2, 0) is 5.75 Å². The number of benzene rings is 1. The molecule has 21 heavy (non-hydrogen) atoms. The van der Waals surface area contributed by atoms with Gasteiger partial charge in [-0.25, -0.2) is 4.39 Å². The highest BCUT2D eigenvalue weighted by molar-refractivity contribution is 14.0. The summed E-state index contributed by atoms with van der Waals surface area (Å²) < 4.78 is 13.4. The zero-order valence-electron chi connectivity index (χ0n) is 12.3. The maximum Gasteiger partial charge on any atom is 0.193 e. The molecular formula is C15H23FIN3S. The Hall–Kier alpha value is -0.500. The maximum atomic E-state index is 13.4. The monoisotopic (exact) mass is 423 g/mol. The number of aliphatic imine (C=N–C) groups is 1. The van der Waals surface area contributed by atoms with Crippen LogP contribution in [0.3, 0.4) is 0 Å². The van der Waals surface area contributed by atoms with Crippen molar-refractivity contribution in [3.8, 4) is 0 Å². The van der Waals surface area contributed by atoms with Gasteiger partial charge in [0, 0.05) is 38.2 Å². The molecule has 6 heteroatoms. The molecule has 1 fully saturated rings. The van der Waals surface area contributed by atoms with Crippen molar-refractivity contribution >= 4 is 41.7 Å². The summed E-state index contributed by atoms with van der Waals surface area (Å²) in [6.45, 7) is 3.06. The second kappa shape index (κ2) is 10.3. The third-order valence-corrected chi connectivity index (χ3v) is 4.37. The smallest absolute Gasteiger partial charge is 0.193 e. The van der Waals surface area contributed by atoms with Crippen molar-refractivity contribution < 1.29 is 4.39 Å². The third kappa shape index (κ3) is 6.02. The molecule has 118 valence electrons. The fourth-order valence-electron chi connectivity index (χ4n) is 2.29. The van der Waals surface area contributed by atoms with Gasteiger partial charge in [-0.2, -0.15) is 11.8 Å². The zero-order valence-corrected chi connectivity index (χ0v) is 15.5. The van der Waals surface area contributed by atoms with Crippen LogP contribution in [0.4, 0.5) is 4.39 Å². The highest BCUT2D eigenvalue weighted by Crippen LogP contribution is 2.14. The van der Waals surface area contributed by atoms with Gasteiger partial charge in [-0.15, -0.1) is 24.0 Å². The van der Waals surface area contributed by atoms with E-state index in [1.807, 2.05) is 19.2 Å². The molecule has 0 bridgehead atoms. The van der Waals surface area contributed by atoms with Gasteiger partial charge in [-0.1, -0.05) is 18.2 Å². The summed E-state index contributed by atoms with van der Waals surface area (Å²) in [4.78, 5) is 6.60. The lowest BCUT2D eigenvalue weighted by Crippen LogP contribution is -2.40. The number of rotatable bonds is 5. The Labute approximate surface area is 147 Å². The first-order valence-electron chi connectivity index (χ1n) is 7.08. The molecule has 3 nitrogen and oxygen atoms in total. The van der Waals surface area contributed by atoms with E-state index < -0.39 is 0 Å². The highest BCUT2D eigenvalue weighted by atomic mass is 127. The molecule has 0 saturated carbocycles. The number of nitrogens with one attached hydrogen (secondary N) is 1. The number of hydrogen-bond acceptors (Lipinski definition) is 2. The molecule has 0 spiro atoms. The predicted molar refractivity (Wildman–Crippen MR) is 100 cm³/mol. The van der Waals surface area contributed by atoms with E-state index in [-0.39, 0.29) is 29.8 Å². The molecule has 2 rings (SSSR count). The SMILES string of the molecule is CN=C(NCCSCc1ccccc1F)N1CCCC1.I. The van der Waals surface area contributed by atoms with Gasteiger partial charge >= 0.3 is 0 Å². The third-order valence-electron chi connectivity index (χ3n) is 3.36. The standard InChI is InChI=1S/C15H22FN3S.HI/c1-17-15(19-9-4-5-10-19)18-8-11-20-12-13-6-2-3-7-14(13)16;/h2-3,6-7H,4-5,8-12H2,1H3,(H,17,18);1H. The molecule has 0 atom stereocenters. The van der Waals surface area contributed by atoms with Crippen molar-refractivity contribution in [3.63, 3.8) is 0 Å².